The number of hydrogen-bond acceptors (Lipinski definition) is 6. The van der Waals surface area contributed by atoms with E-state index >= 15 is 0 Å². The van der Waals surface area contributed by atoms with Crippen LogP contribution >= 0.6 is 0 Å². The van der Waals surface area contributed by atoms with Gasteiger partial charge in [-0.05, 0) is 6.92 Å². The molecule has 1 amide bonds. The zero-order valence-corrected chi connectivity index (χ0v) is 13.0. The molecule has 0 radical (unpaired) electrons. The van der Waals surface area contributed by atoms with Gasteiger partial charge in [0.1, 0.15) is 18.3 Å². The molecule has 1 fully saturated rings. The summed E-state index contributed by atoms with van der Waals surface area (Å²) in [6, 6.07) is 0. The van der Waals surface area contributed by atoms with Gasteiger partial charge in [-0.15, -0.1) is 0 Å². The molecule has 0 aromatic rings. The first-order chi connectivity index (χ1) is 10.0. The average molecular weight is 321 g/mol. The molecule has 0 spiro atoms. The Morgan fingerprint density at radius 3 is 2.27 bits per heavy atom. The molecule has 2 unspecified atom stereocenters. The number of nitrogens with zero attached hydrogens (tertiary/aromatic N) is 1. The lowest BCUT2D eigenvalue weighted by Gasteiger charge is -2.38. The van der Waals surface area contributed by atoms with Crippen molar-refractivity contribution in [1.29, 1.82) is 0 Å². The summed E-state index contributed by atoms with van der Waals surface area (Å²) in [5, 5.41) is 40.3. The van der Waals surface area contributed by atoms with E-state index in [-0.39, 0.29) is 17.6 Å². The quantitative estimate of drug-likeness (QED) is 0.332. The third kappa shape index (κ3) is 4.89. The molecule has 0 saturated carbocycles. The number of ether oxygens (including phenoxy) is 1. The summed E-state index contributed by atoms with van der Waals surface area (Å²) in [4.78, 5) is 22.7. The van der Waals surface area contributed by atoms with Crippen molar-refractivity contribution in [3.63, 3.8) is 0 Å². The molecule has 9 nitrogen and oxygen atoms in total. The molecule has 22 heavy (non-hydrogen) atoms. The highest BCUT2D eigenvalue weighted by Gasteiger charge is 2.44. The number of rotatable bonds is 6. The van der Waals surface area contributed by atoms with Gasteiger partial charge in [-0.1, -0.05) is 0 Å². The van der Waals surface area contributed by atoms with Crippen LogP contribution in [0.1, 0.15) is 6.92 Å². The molecule has 1 aliphatic rings. The summed E-state index contributed by atoms with van der Waals surface area (Å²) in [7, 11) is 3.43. The van der Waals surface area contributed by atoms with Gasteiger partial charge in [-0.2, -0.15) is 0 Å². The molecular formula is C13H25N2O7+. The number of carbonyl (C=O) groups excluding carboxylic acids is 1. The average Bonchev–Trinajstić information content (AvgIpc) is 2.38. The minimum atomic E-state index is -1.52. The summed E-state index contributed by atoms with van der Waals surface area (Å²) in [5.74, 6) is -1.55. The number of quaternary nitrogens is 1. The lowest BCUT2D eigenvalue weighted by atomic mass is 9.95. The van der Waals surface area contributed by atoms with Crippen molar-refractivity contribution in [3.05, 3.63) is 0 Å². The highest BCUT2D eigenvalue weighted by atomic mass is 16.5. The number of likely N-dealkylation sites (N-methyl/N-ethyl adjacent to an activating group) is 1. The number of hydrogen-bond donors (Lipinski definition) is 5. The SMILES string of the molecule is CC1OC(C(=O)NCC[N+](C)(C)CC(=O)O)[C@@H](O)[C@H](O)[C@H]1O. The lowest BCUT2D eigenvalue weighted by molar-refractivity contribution is -0.881. The molecule has 0 bridgehead atoms. The highest BCUT2D eigenvalue weighted by Crippen LogP contribution is 2.20. The molecule has 1 aliphatic heterocycles. The Morgan fingerprint density at radius 1 is 1.14 bits per heavy atom. The van der Waals surface area contributed by atoms with Crippen LogP contribution in [0.25, 0.3) is 0 Å². The van der Waals surface area contributed by atoms with Gasteiger partial charge in [0.15, 0.2) is 12.6 Å². The number of carbonyl (C=O) groups is 2. The number of carboxylic acids is 1. The first-order valence-corrected chi connectivity index (χ1v) is 7.06. The molecule has 1 heterocycles. The van der Waals surface area contributed by atoms with Gasteiger partial charge < -0.3 is 35.0 Å². The molecule has 9 heteroatoms. The van der Waals surface area contributed by atoms with Gasteiger partial charge in [0.25, 0.3) is 5.91 Å². The number of nitrogens with one attached hydrogen (secondary N) is 1. The summed E-state index contributed by atoms with van der Waals surface area (Å²) < 4.78 is 5.40. The van der Waals surface area contributed by atoms with E-state index < -0.39 is 42.4 Å². The zero-order chi connectivity index (χ0) is 17.1. The minimum absolute atomic E-state index is 0.0830. The Morgan fingerprint density at radius 2 is 1.73 bits per heavy atom. The number of carboxylic acid groups (broad SMARTS) is 1. The van der Waals surface area contributed by atoms with Crippen LogP contribution in [0.15, 0.2) is 0 Å². The molecule has 128 valence electrons. The maximum Gasteiger partial charge on any atom is 0.359 e. The van der Waals surface area contributed by atoms with Crippen LogP contribution in [0.4, 0.5) is 0 Å². The number of aliphatic hydroxyl groups excluding tert-OH is 3. The van der Waals surface area contributed by atoms with E-state index in [1.807, 2.05) is 0 Å². The second-order valence-corrected chi connectivity index (χ2v) is 6.24. The first-order valence-electron chi connectivity index (χ1n) is 7.06. The first kappa shape index (κ1) is 18.8. The summed E-state index contributed by atoms with van der Waals surface area (Å²) in [5.41, 5.74) is 0. The van der Waals surface area contributed by atoms with Crippen LogP contribution in [0.2, 0.25) is 0 Å². The van der Waals surface area contributed by atoms with Gasteiger partial charge in [0.05, 0.1) is 33.3 Å². The van der Waals surface area contributed by atoms with Crippen LogP contribution in [0.3, 0.4) is 0 Å². The van der Waals surface area contributed by atoms with Crippen LogP contribution in [-0.2, 0) is 14.3 Å². The van der Waals surface area contributed by atoms with Gasteiger partial charge >= 0.3 is 5.97 Å². The van der Waals surface area contributed by atoms with Gasteiger partial charge in [0, 0.05) is 0 Å². The Hall–Kier alpha value is -1.26. The fourth-order valence-electron chi connectivity index (χ4n) is 2.30. The molecule has 0 aromatic heterocycles. The molecule has 1 saturated heterocycles. The van der Waals surface area contributed by atoms with E-state index in [1.165, 1.54) is 6.92 Å². The molecule has 0 aliphatic carbocycles. The molecule has 1 rings (SSSR count). The van der Waals surface area contributed by atoms with E-state index in [1.54, 1.807) is 14.1 Å². The van der Waals surface area contributed by atoms with Crippen LogP contribution in [-0.4, -0.2) is 101 Å². The van der Waals surface area contributed by atoms with Crippen LogP contribution in [0.5, 0.6) is 0 Å². The Kier molecular flexibility index (Phi) is 6.27. The van der Waals surface area contributed by atoms with Crippen molar-refractivity contribution >= 4 is 11.9 Å². The van der Waals surface area contributed by atoms with Crippen molar-refractivity contribution in [3.8, 4) is 0 Å². The normalized spacial score (nSPS) is 32.5. The Balaban J connectivity index is 2.50. The smallest absolute Gasteiger partial charge is 0.359 e. The Bertz CT molecular complexity index is 415. The molecule has 5 atom stereocenters. The van der Waals surface area contributed by atoms with Crippen LogP contribution in [0, 0.1) is 0 Å². The zero-order valence-electron chi connectivity index (χ0n) is 13.0. The number of aliphatic carboxylic acids is 1. The van der Waals surface area contributed by atoms with Crippen LogP contribution < -0.4 is 5.32 Å². The second kappa shape index (κ2) is 7.34. The standard InChI is InChI=1S/C13H24N2O7/c1-7-9(18)10(19)11(20)12(22-7)13(21)14-4-5-15(2,3)6-8(16)17/h7,9-12,18-20H,4-6H2,1-3H3,(H-,14,16,17,21)/p+1/t7?,9-,10+,11-,12?/m0/s1. The van der Waals surface area contributed by atoms with E-state index in [9.17, 15) is 24.9 Å². The van der Waals surface area contributed by atoms with Crippen molar-refractivity contribution in [1.82, 2.24) is 5.32 Å². The van der Waals surface area contributed by atoms with Gasteiger partial charge in [0.2, 0.25) is 0 Å². The molecule has 5 N–H and O–H groups in total. The van der Waals surface area contributed by atoms with Gasteiger partial charge in [-0.3, -0.25) is 4.79 Å². The fourth-order valence-corrected chi connectivity index (χ4v) is 2.30. The maximum absolute atomic E-state index is 12.0. The van der Waals surface area contributed by atoms with Gasteiger partial charge in [-0.25, -0.2) is 4.79 Å². The maximum atomic E-state index is 12.0. The largest absolute Gasteiger partial charge is 0.477 e. The van der Waals surface area contributed by atoms with E-state index in [2.05, 4.69) is 5.32 Å². The third-order valence-corrected chi connectivity index (χ3v) is 3.69. The number of amides is 1. The third-order valence-electron chi connectivity index (χ3n) is 3.69. The highest BCUT2D eigenvalue weighted by molar-refractivity contribution is 5.81. The van der Waals surface area contributed by atoms with Crippen molar-refractivity contribution in [2.45, 2.75) is 37.4 Å². The van der Waals surface area contributed by atoms with Crippen molar-refractivity contribution in [2.75, 3.05) is 33.7 Å². The Labute approximate surface area is 128 Å². The molecular weight excluding hydrogens is 296 g/mol. The number of aliphatic hydroxyl groups is 3. The molecule has 0 aromatic carbocycles. The van der Waals surface area contributed by atoms with Crippen molar-refractivity contribution < 1.29 is 39.2 Å². The second-order valence-electron chi connectivity index (χ2n) is 6.24. The summed E-state index contributed by atoms with van der Waals surface area (Å²) >= 11 is 0. The predicted molar refractivity (Wildman–Crippen MR) is 74.8 cm³/mol. The summed E-state index contributed by atoms with van der Waals surface area (Å²) in [6.07, 6.45) is -6.30. The van der Waals surface area contributed by atoms with E-state index in [0.29, 0.717) is 6.54 Å². The predicted octanol–water partition coefficient (Wildman–Crippen LogP) is -2.87. The van der Waals surface area contributed by atoms with Crippen molar-refractivity contribution in [2.24, 2.45) is 0 Å². The lowest BCUT2D eigenvalue weighted by Crippen LogP contribution is -2.61. The monoisotopic (exact) mass is 321 g/mol. The summed E-state index contributed by atoms with van der Waals surface area (Å²) in [6.45, 7) is 1.98. The minimum Gasteiger partial charge on any atom is -0.477 e. The fraction of sp³-hybridized carbons (Fsp3) is 0.846. The van der Waals surface area contributed by atoms with E-state index in [4.69, 9.17) is 9.84 Å². The van der Waals surface area contributed by atoms with E-state index in [0.717, 1.165) is 0 Å². The topological polar surface area (TPSA) is 136 Å².